The Morgan fingerprint density at radius 3 is 2.92 bits per heavy atom. The van der Waals surface area contributed by atoms with Crippen LogP contribution in [0, 0.1) is 0 Å². The van der Waals surface area contributed by atoms with Crippen molar-refractivity contribution in [1.82, 2.24) is 14.5 Å². The normalized spacial score (nSPS) is 9.62. The third-order valence-corrected chi connectivity index (χ3v) is 1.77. The first-order chi connectivity index (χ1) is 5.79. The molecule has 0 radical (unpaired) electrons. The number of fused-ring (bicyclic) bond motifs is 1. The van der Waals surface area contributed by atoms with E-state index in [4.69, 9.17) is 0 Å². The third kappa shape index (κ3) is 1.53. The quantitative estimate of drug-likeness (QED) is 0.626. The maximum absolute atomic E-state index is 11.1. The van der Waals surface area contributed by atoms with Gasteiger partial charge in [-0.05, 0) is 6.07 Å². The third-order valence-electron chi connectivity index (χ3n) is 1.77. The highest BCUT2D eigenvalue weighted by Gasteiger charge is 1.97. The maximum Gasteiger partial charge on any atom is 0.251 e. The molecule has 68 valence electrons. The number of rotatable bonds is 0. The fourth-order valence-corrected chi connectivity index (χ4v) is 1.11. The predicted molar refractivity (Wildman–Crippen MR) is 52.0 cm³/mol. The topological polar surface area (TPSA) is 47.8 Å². The fourth-order valence-electron chi connectivity index (χ4n) is 1.11. The highest BCUT2D eigenvalue weighted by Crippen LogP contribution is 2.03. The molecular weight excluding hydrogens is 190 g/mol. The summed E-state index contributed by atoms with van der Waals surface area (Å²) in [6, 6.07) is 3.23. The SMILES string of the molecule is Cl.Cn1c(=O)ccc2cncnc21. The first-order valence-corrected chi connectivity index (χ1v) is 3.55. The lowest BCUT2D eigenvalue weighted by Crippen LogP contribution is -2.15. The second-order valence-electron chi connectivity index (χ2n) is 2.53. The van der Waals surface area contributed by atoms with Gasteiger partial charge in [0.05, 0.1) is 0 Å². The number of halogens is 1. The molecule has 2 rings (SSSR count). The van der Waals surface area contributed by atoms with E-state index in [1.807, 2.05) is 0 Å². The van der Waals surface area contributed by atoms with Gasteiger partial charge in [0.1, 0.15) is 12.0 Å². The van der Waals surface area contributed by atoms with Crippen LogP contribution in [0.3, 0.4) is 0 Å². The van der Waals surface area contributed by atoms with E-state index < -0.39 is 0 Å². The van der Waals surface area contributed by atoms with Crippen LogP contribution < -0.4 is 5.56 Å². The number of aromatic nitrogens is 3. The molecule has 0 aliphatic heterocycles. The summed E-state index contributed by atoms with van der Waals surface area (Å²) in [5.74, 6) is 0. The highest BCUT2D eigenvalue weighted by atomic mass is 35.5. The van der Waals surface area contributed by atoms with Crippen LogP contribution in [0.15, 0.2) is 29.5 Å². The number of hydrogen-bond donors (Lipinski definition) is 0. The summed E-state index contributed by atoms with van der Waals surface area (Å²) in [6.45, 7) is 0. The van der Waals surface area contributed by atoms with Crippen LogP contribution in [0.5, 0.6) is 0 Å². The summed E-state index contributed by atoms with van der Waals surface area (Å²) in [5, 5.41) is 0.875. The number of hydrogen-bond acceptors (Lipinski definition) is 3. The van der Waals surface area contributed by atoms with Crippen LogP contribution in [0.4, 0.5) is 0 Å². The molecule has 2 aromatic rings. The molecule has 0 aliphatic rings. The molecule has 0 unspecified atom stereocenters. The van der Waals surface area contributed by atoms with Crippen molar-refractivity contribution in [2.24, 2.45) is 7.05 Å². The van der Waals surface area contributed by atoms with Crippen molar-refractivity contribution >= 4 is 23.4 Å². The molecule has 0 aromatic carbocycles. The first-order valence-electron chi connectivity index (χ1n) is 3.55. The van der Waals surface area contributed by atoms with Crippen LogP contribution in [0.25, 0.3) is 11.0 Å². The number of nitrogens with zero attached hydrogens (tertiary/aromatic N) is 3. The Balaban J connectivity index is 0.000000845. The van der Waals surface area contributed by atoms with Gasteiger partial charge in [0, 0.05) is 24.7 Å². The van der Waals surface area contributed by atoms with E-state index in [0.717, 1.165) is 5.39 Å². The van der Waals surface area contributed by atoms with E-state index in [0.29, 0.717) is 5.65 Å². The summed E-state index contributed by atoms with van der Waals surface area (Å²) in [7, 11) is 1.69. The molecule has 2 aromatic heterocycles. The first kappa shape index (κ1) is 9.67. The molecule has 0 saturated carbocycles. The van der Waals surface area contributed by atoms with E-state index in [-0.39, 0.29) is 18.0 Å². The predicted octanol–water partition coefficient (Wildman–Crippen LogP) is 0.750. The molecule has 0 aliphatic carbocycles. The molecule has 2 heterocycles. The largest absolute Gasteiger partial charge is 0.296 e. The summed E-state index contributed by atoms with van der Waals surface area (Å²) in [6.07, 6.45) is 3.11. The smallest absolute Gasteiger partial charge is 0.251 e. The Labute approximate surface area is 80.7 Å². The lowest BCUT2D eigenvalue weighted by Gasteiger charge is -2.00. The molecule has 13 heavy (non-hydrogen) atoms. The van der Waals surface area contributed by atoms with Gasteiger partial charge in [-0.1, -0.05) is 0 Å². The highest BCUT2D eigenvalue weighted by molar-refractivity contribution is 5.85. The van der Waals surface area contributed by atoms with Gasteiger partial charge in [-0.2, -0.15) is 0 Å². The molecule has 5 heteroatoms. The molecule has 0 amide bonds. The second kappa shape index (κ2) is 3.53. The van der Waals surface area contributed by atoms with Crippen molar-refractivity contribution in [2.75, 3.05) is 0 Å². The molecule has 0 spiro atoms. The van der Waals surface area contributed by atoms with Crippen LogP contribution in [-0.2, 0) is 7.05 Å². The Hall–Kier alpha value is -1.42. The average Bonchev–Trinajstić information content (AvgIpc) is 2.12. The van der Waals surface area contributed by atoms with Gasteiger partial charge in [0.15, 0.2) is 0 Å². The lowest BCUT2D eigenvalue weighted by atomic mass is 10.3. The van der Waals surface area contributed by atoms with Crippen LogP contribution in [-0.4, -0.2) is 14.5 Å². The van der Waals surface area contributed by atoms with E-state index in [2.05, 4.69) is 9.97 Å². The molecular formula is C8H8ClN3O. The van der Waals surface area contributed by atoms with Crippen molar-refractivity contribution in [3.8, 4) is 0 Å². The second-order valence-corrected chi connectivity index (χ2v) is 2.53. The zero-order chi connectivity index (χ0) is 8.55. The van der Waals surface area contributed by atoms with Gasteiger partial charge < -0.3 is 0 Å². The van der Waals surface area contributed by atoms with Gasteiger partial charge in [-0.3, -0.25) is 9.36 Å². The average molecular weight is 198 g/mol. The van der Waals surface area contributed by atoms with E-state index in [9.17, 15) is 4.79 Å². The minimum absolute atomic E-state index is 0. The van der Waals surface area contributed by atoms with Gasteiger partial charge in [0.2, 0.25) is 0 Å². The summed E-state index contributed by atoms with van der Waals surface area (Å²) in [5.41, 5.74) is 0.610. The van der Waals surface area contributed by atoms with Crippen molar-refractivity contribution in [3.05, 3.63) is 35.0 Å². The standard InChI is InChI=1S/C8H7N3O.ClH/c1-11-7(12)3-2-6-4-9-5-10-8(6)11;/h2-5H,1H3;1H. The molecule has 0 saturated heterocycles. The van der Waals surface area contributed by atoms with Gasteiger partial charge >= 0.3 is 0 Å². The summed E-state index contributed by atoms with van der Waals surface area (Å²) >= 11 is 0. The fraction of sp³-hybridized carbons (Fsp3) is 0.125. The van der Waals surface area contributed by atoms with Crippen molar-refractivity contribution in [3.63, 3.8) is 0 Å². The van der Waals surface area contributed by atoms with E-state index >= 15 is 0 Å². The maximum atomic E-state index is 11.1. The lowest BCUT2D eigenvalue weighted by molar-refractivity contribution is 0.883. The van der Waals surface area contributed by atoms with Gasteiger partial charge in [-0.15, -0.1) is 12.4 Å². The minimum atomic E-state index is -0.0544. The zero-order valence-electron chi connectivity index (χ0n) is 6.97. The molecule has 0 atom stereocenters. The summed E-state index contributed by atoms with van der Waals surface area (Å²) < 4.78 is 1.50. The van der Waals surface area contributed by atoms with Crippen molar-refractivity contribution in [2.45, 2.75) is 0 Å². The van der Waals surface area contributed by atoms with Gasteiger partial charge in [-0.25, -0.2) is 9.97 Å². The van der Waals surface area contributed by atoms with Crippen LogP contribution in [0.2, 0.25) is 0 Å². The molecule has 0 bridgehead atoms. The molecule has 0 fully saturated rings. The number of pyridine rings is 1. The molecule has 4 nitrogen and oxygen atoms in total. The van der Waals surface area contributed by atoms with Gasteiger partial charge in [0.25, 0.3) is 5.56 Å². The Bertz CT molecular complexity index is 480. The van der Waals surface area contributed by atoms with Crippen molar-refractivity contribution in [1.29, 1.82) is 0 Å². The van der Waals surface area contributed by atoms with Crippen molar-refractivity contribution < 1.29 is 0 Å². The Kier molecular flexibility index (Phi) is 2.63. The Morgan fingerprint density at radius 2 is 2.15 bits per heavy atom. The summed E-state index contributed by atoms with van der Waals surface area (Å²) in [4.78, 5) is 19.0. The van der Waals surface area contributed by atoms with E-state index in [1.54, 1.807) is 19.3 Å². The van der Waals surface area contributed by atoms with E-state index in [1.165, 1.54) is 17.0 Å². The van der Waals surface area contributed by atoms with Crippen LogP contribution >= 0.6 is 12.4 Å². The Morgan fingerprint density at radius 1 is 1.38 bits per heavy atom. The number of aryl methyl sites for hydroxylation is 1. The zero-order valence-corrected chi connectivity index (χ0v) is 7.78. The molecule has 0 N–H and O–H groups in total. The van der Waals surface area contributed by atoms with Crippen LogP contribution in [0.1, 0.15) is 0 Å². The monoisotopic (exact) mass is 197 g/mol. The minimum Gasteiger partial charge on any atom is -0.296 e.